The Kier molecular flexibility index (Phi) is 15.9. The SMILES string of the molecule is C=NCc1cnc2c(c1)COC2.C=NN1CNC(CC)=C(N2CCN(C(=O)c3ncnc(C)c3O)CC2)C1=O.Cc1ccc(C(F)(F)F)cc1Cl.NC=O. The highest BCUT2D eigenvalue weighted by Crippen LogP contribution is 2.32. The van der Waals surface area contributed by atoms with Crippen LogP contribution >= 0.6 is 11.6 Å². The number of hydrogen-bond acceptors (Lipinski definition) is 12. The number of aromatic nitrogens is 3. The molecule has 6 rings (SSSR count). The number of fused-ring (bicyclic) bond motifs is 1. The van der Waals surface area contributed by atoms with Crippen LogP contribution < -0.4 is 11.1 Å². The van der Waals surface area contributed by atoms with Crippen LogP contribution in [-0.2, 0) is 40.3 Å². The van der Waals surface area contributed by atoms with Crippen molar-refractivity contribution in [2.75, 3.05) is 32.8 Å². The average molecular weight is 775 g/mol. The number of rotatable bonds is 6. The van der Waals surface area contributed by atoms with Crippen molar-refractivity contribution < 1.29 is 37.4 Å². The number of aromatic hydroxyl groups is 1. The average Bonchev–Trinajstić information content (AvgIpc) is 3.62. The molecule has 1 saturated heterocycles. The largest absolute Gasteiger partial charge is 0.504 e. The fourth-order valence-electron chi connectivity index (χ4n) is 5.30. The highest BCUT2D eigenvalue weighted by Gasteiger charge is 2.34. The number of pyridine rings is 1. The van der Waals surface area contributed by atoms with Crippen LogP contribution in [-0.4, -0.2) is 99.4 Å². The second-order valence-electron chi connectivity index (χ2n) is 11.7. The van der Waals surface area contributed by atoms with Crippen LogP contribution in [0.25, 0.3) is 0 Å². The van der Waals surface area contributed by atoms with E-state index < -0.39 is 11.7 Å². The Morgan fingerprint density at radius 3 is 2.41 bits per heavy atom. The maximum Gasteiger partial charge on any atom is 0.416 e. The lowest BCUT2D eigenvalue weighted by Crippen LogP contribution is -2.53. The maximum absolute atomic E-state index is 12.7. The Morgan fingerprint density at radius 2 is 1.81 bits per heavy atom. The molecule has 0 aliphatic carbocycles. The lowest BCUT2D eigenvalue weighted by atomic mass is 10.1. The summed E-state index contributed by atoms with van der Waals surface area (Å²) < 4.78 is 41.4. The molecule has 54 heavy (non-hydrogen) atoms. The highest BCUT2D eigenvalue weighted by molar-refractivity contribution is 6.31. The Bertz CT molecular complexity index is 1850. The fraction of sp³-hybridized carbons (Fsp3) is 0.371. The van der Waals surface area contributed by atoms with Crippen molar-refractivity contribution in [3.63, 3.8) is 0 Å². The van der Waals surface area contributed by atoms with E-state index in [1.54, 1.807) is 18.7 Å². The number of hydrogen-bond donors (Lipinski definition) is 3. The summed E-state index contributed by atoms with van der Waals surface area (Å²) >= 11 is 5.52. The first-order chi connectivity index (χ1) is 25.7. The van der Waals surface area contributed by atoms with Gasteiger partial charge in [-0.05, 0) is 56.3 Å². The van der Waals surface area contributed by atoms with Crippen molar-refractivity contribution in [2.45, 2.75) is 53.1 Å². The summed E-state index contributed by atoms with van der Waals surface area (Å²) in [5.74, 6) is -0.727. The zero-order chi connectivity index (χ0) is 40.0. The number of allylic oxidation sites excluding steroid dienone is 1. The predicted molar refractivity (Wildman–Crippen MR) is 195 cm³/mol. The van der Waals surface area contributed by atoms with Crippen LogP contribution in [0.3, 0.4) is 0 Å². The fourth-order valence-corrected chi connectivity index (χ4v) is 5.48. The third-order valence-corrected chi connectivity index (χ3v) is 8.59. The van der Waals surface area contributed by atoms with Crippen molar-refractivity contribution in [1.29, 1.82) is 0 Å². The first kappa shape index (κ1) is 42.8. The van der Waals surface area contributed by atoms with Crippen molar-refractivity contribution in [3.05, 3.63) is 92.5 Å². The molecular formula is C35H42ClF3N10O5. The molecule has 0 atom stereocenters. The molecule has 1 aromatic carbocycles. The molecule has 0 saturated carbocycles. The monoisotopic (exact) mass is 774 g/mol. The molecular weight excluding hydrogens is 733 g/mol. The quantitative estimate of drug-likeness (QED) is 0.244. The molecule has 3 aliphatic rings. The van der Waals surface area contributed by atoms with Gasteiger partial charge in [0.05, 0.1) is 36.7 Å². The van der Waals surface area contributed by atoms with E-state index in [0.29, 0.717) is 76.0 Å². The number of nitrogens with one attached hydrogen (secondary N) is 1. The number of nitrogens with two attached hydrogens (primary N) is 1. The molecule has 0 radical (unpaired) electrons. The van der Waals surface area contributed by atoms with Crippen LogP contribution in [0.15, 0.2) is 58.3 Å². The number of benzene rings is 1. The summed E-state index contributed by atoms with van der Waals surface area (Å²) in [6.07, 6.45) is -0.265. The molecule has 3 aliphatic heterocycles. The molecule has 0 spiro atoms. The summed E-state index contributed by atoms with van der Waals surface area (Å²) in [5.41, 5.74) is 9.26. The molecule has 0 unspecified atom stereocenters. The molecule has 5 heterocycles. The normalized spacial score (nSPS) is 14.9. The van der Waals surface area contributed by atoms with Crippen LogP contribution in [0.2, 0.25) is 5.02 Å². The Balaban J connectivity index is 0.000000239. The zero-order valence-electron chi connectivity index (χ0n) is 30.1. The number of hydrazone groups is 1. The van der Waals surface area contributed by atoms with E-state index in [0.717, 1.165) is 29.1 Å². The molecule has 1 fully saturated rings. The third-order valence-electron chi connectivity index (χ3n) is 8.19. The van der Waals surface area contributed by atoms with Gasteiger partial charge in [0, 0.05) is 55.4 Å². The number of halogens is 4. The van der Waals surface area contributed by atoms with Crippen molar-refractivity contribution in [3.8, 4) is 5.75 Å². The predicted octanol–water partition coefficient (Wildman–Crippen LogP) is 3.96. The van der Waals surface area contributed by atoms with E-state index in [-0.39, 0.29) is 34.7 Å². The van der Waals surface area contributed by atoms with Gasteiger partial charge in [-0.3, -0.25) is 24.4 Å². The maximum atomic E-state index is 12.7. The van der Waals surface area contributed by atoms with Gasteiger partial charge < -0.3 is 30.7 Å². The minimum atomic E-state index is -4.31. The Hall–Kier alpha value is -5.62. The lowest BCUT2D eigenvalue weighted by molar-refractivity contribution is -0.137. The summed E-state index contributed by atoms with van der Waals surface area (Å²) in [6.45, 7) is 16.2. The van der Waals surface area contributed by atoms with E-state index in [9.17, 15) is 27.9 Å². The van der Waals surface area contributed by atoms with Gasteiger partial charge in [0.2, 0.25) is 6.41 Å². The smallest absolute Gasteiger partial charge is 0.416 e. The summed E-state index contributed by atoms with van der Waals surface area (Å²) in [4.78, 5) is 53.4. The van der Waals surface area contributed by atoms with Crippen molar-refractivity contribution in [2.24, 2.45) is 15.8 Å². The number of amides is 3. The molecule has 3 amide bonds. The van der Waals surface area contributed by atoms with Gasteiger partial charge in [0.15, 0.2) is 11.4 Å². The van der Waals surface area contributed by atoms with E-state index in [2.05, 4.69) is 55.6 Å². The second-order valence-corrected chi connectivity index (χ2v) is 12.1. The molecule has 4 N–H and O–H groups in total. The van der Waals surface area contributed by atoms with Gasteiger partial charge in [-0.1, -0.05) is 24.6 Å². The second kappa shape index (κ2) is 20.0. The molecule has 0 bridgehead atoms. The van der Waals surface area contributed by atoms with Crippen molar-refractivity contribution >= 4 is 43.3 Å². The van der Waals surface area contributed by atoms with E-state index in [1.165, 1.54) is 23.0 Å². The molecule has 15 nitrogen and oxygen atoms in total. The van der Waals surface area contributed by atoms with E-state index >= 15 is 0 Å². The van der Waals surface area contributed by atoms with Crippen LogP contribution in [0, 0.1) is 13.8 Å². The number of piperazine rings is 1. The lowest BCUT2D eigenvalue weighted by Gasteiger charge is -2.40. The van der Waals surface area contributed by atoms with Gasteiger partial charge in [-0.15, -0.1) is 0 Å². The first-order valence-electron chi connectivity index (χ1n) is 16.5. The minimum absolute atomic E-state index is 0.00172. The van der Waals surface area contributed by atoms with Crippen LogP contribution in [0.1, 0.15) is 57.5 Å². The number of carbonyl (C=O) groups excluding carboxylic acids is 3. The van der Waals surface area contributed by atoms with Crippen molar-refractivity contribution in [1.82, 2.24) is 35.1 Å². The van der Waals surface area contributed by atoms with Gasteiger partial charge in [0.1, 0.15) is 18.7 Å². The number of aryl methyl sites for hydroxylation is 2. The number of alkyl halides is 3. The first-order valence-corrected chi connectivity index (χ1v) is 16.8. The number of carbonyl (C=O) groups is 3. The van der Waals surface area contributed by atoms with E-state index in [1.807, 2.05) is 18.0 Å². The van der Waals surface area contributed by atoms with Gasteiger partial charge >= 0.3 is 6.18 Å². The van der Waals surface area contributed by atoms with Gasteiger partial charge in [-0.25, -0.2) is 15.0 Å². The van der Waals surface area contributed by atoms with Crippen LogP contribution in [0.4, 0.5) is 13.2 Å². The molecule has 3 aromatic rings. The molecule has 2 aromatic heterocycles. The highest BCUT2D eigenvalue weighted by atomic mass is 35.5. The molecule has 290 valence electrons. The summed E-state index contributed by atoms with van der Waals surface area (Å²) in [6, 6.07) is 5.38. The van der Waals surface area contributed by atoms with Gasteiger partial charge in [0.25, 0.3) is 11.8 Å². The summed E-state index contributed by atoms with van der Waals surface area (Å²) in [5, 5.41) is 18.4. The Morgan fingerprint density at radius 1 is 1.13 bits per heavy atom. The number of nitrogens with zero attached hydrogens (tertiary/aromatic N) is 8. The standard InChI is InChI=1S/C17H23N7O3.C9H10N2O.C8H6ClF3.CH3NO/c1-4-12-14(17(27)24(18-3)10-21-12)22-5-7-23(8-6-22)16(26)13-15(25)11(2)19-9-20-13;1-10-3-7-2-8-5-12-6-9(8)11-4-7;1-5-2-3-6(4-7(5)9)8(10,11)12;2-1-3/h9,21,25H,3-8,10H2,1-2H3;2,4H,1,3,5-6H2;2-4H,1H3;1H,(H2,2,3). The molecule has 19 heteroatoms. The number of aliphatic imine (C=N–C) groups is 1. The topological polar surface area (TPSA) is 192 Å². The van der Waals surface area contributed by atoms with E-state index in [4.69, 9.17) is 21.1 Å². The summed E-state index contributed by atoms with van der Waals surface area (Å²) in [7, 11) is 0. The Labute approximate surface area is 315 Å². The van der Waals surface area contributed by atoms with Crippen LogP contribution in [0.5, 0.6) is 5.75 Å². The zero-order valence-corrected chi connectivity index (χ0v) is 30.8. The number of primary amides is 1. The third kappa shape index (κ3) is 11.2. The number of ether oxygens (including phenoxy) is 1. The van der Waals surface area contributed by atoms with Gasteiger partial charge in [-0.2, -0.15) is 18.3 Å². The minimum Gasteiger partial charge on any atom is -0.504 e.